The summed E-state index contributed by atoms with van der Waals surface area (Å²) in [5.41, 5.74) is 0.989. The lowest BCUT2D eigenvalue weighted by molar-refractivity contribution is 0.139. The Balaban J connectivity index is 0.00000288. The predicted octanol–water partition coefficient (Wildman–Crippen LogP) is 2.88. The summed E-state index contributed by atoms with van der Waals surface area (Å²) >= 11 is 0. The number of nitrogens with one attached hydrogen (secondary N) is 2. The number of likely N-dealkylation sites (tertiary alicyclic amines) is 1. The first kappa shape index (κ1) is 21.2. The summed E-state index contributed by atoms with van der Waals surface area (Å²) in [6.07, 6.45) is 4.50. The second-order valence-electron chi connectivity index (χ2n) is 6.49. The van der Waals surface area contributed by atoms with E-state index in [1.807, 2.05) is 24.4 Å². The zero-order valence-corrected chi connectivity index (χ0v) is 17.5. The fourth-order valence-corrected chi connectivity index (χ4v) is 2.99. The van der Waals surface area contributed by atoms with Crippen LogP contribution < -0.4 is 10.6 Å². The van der Waals surface area contributed by atoms with E-state index in [1.165, 1.54) is 25.9 Å². The smallest absolute Gasteiger partial charge is 0.191 e. The third kappa shape index (κ3) is 7.34. The van der Waals surface area contributed by atoms with Crippen molar-refractivity contribution in [3.8, 4) is 0 Å². The molecule has 1 aliphatic rings. The van der Waals surface area contributed by atoms with Crippen molar-refractivity contribution in [3.63, 3.8) is 0 Å². The van der Waals surface area contributed by atoms with E-state index in [-0.39, 0.29) is 24.0 Å². The zero-order chi connectivity index (χ0) is 16.5. The number of aliphatic imine (C=N–C) groups is 1. The molecule has 1 aliphatic heterocycles. The van der Waals surface area contributed by atoms with Crippen LogP contribution in [0.2, 0.25) is 0 Å². The fraction of sp³-hybridized carbons (Fsp3) is 0.667. The highest BCUT2D eigenvalue weighted by molar-refractivity contribution is 14.0. The number of rotatable bonds is 6. The van der Waals surface area contributed by atoms with Crippen LogP contribution in [0.1, 0.15) is 39.3 Å². The summed E-state index contributed by atoms with van der Waals surface area (Å²) in [4.78, 5) is 11.5. The van der Waals surface area contributed by atoms with Gasteiger partial charge in [-0.1, -0.05) is 13.0 Å². The van der Waals surface area contributed by atoms with E-state index in [0.717, 1.165) is 30.7 Å². The molecule has 1 aromatic heterocycles. The number of hydrogen-bond acceptors (Lipinski definition) is 3. The van der Waals surface area contributed by atoms with Crippen LogP contribution in [0, 0.1) is 5.92 Å². The van der Waals surface area contributed by atoms with E-state index in [1.54, 1.807) is 0 Å². The number of guanidine groups is 1. The molecule has 0 radical (unpaired) electrons. The summed E-state index contributed by atoms with van der Waals surface area (Å²) < 4.78 is 0. The SMILES string of the molecule is CCNC(=NCc1ccccn1)NCC(C)N1CCCC(C)C1.I. The van der Waals surface area contributed by atoms with Crippen LogP contribution in [0.15, 0.2) is 29.4 Å². The predicted molar refractivity (Wildman–Crippen MR) is 112 cm³/mol. The maximum Gasteiger partial charge on any atom is 0.191 e. The Bertz CT molecular complexity index is 480. The lowest BCUT2D eigenvalue weighted by Crippen LogP contribution is -2.48. The minimum Gasteiger partial charge on any atom is -0.357 e. The van der Waals surface area contributed by atoms with E-state index in [0.29, 0.717) is 12.6 Å². The Morgan fingerprint density at radius 1 is 1.42 bits per heavy atom. The summed E-state index contributed by atoms with van der Waals surface area (Å²) in [5, 5.41) is 6.78. The van der Waals surface area contributed by atoms with Crippen LogP contribution in [0.3, 0.4) is 0 Å². The van der Waals surface area contributed by atoms with E-state index < -0.39 is 0 Å². The standard InChI is InChI=1S/C18H31N5.HI/c1-4-19-18(22-13-17-9-5-6-10-20-17)21-12-16(3)23-11-7-8-15(2)14-23;/h5-6,9-10,15-16H,4,7-8,11-14H2,1-3H3,(H2,19,21,22);1H. The molecular weight excluding hydrogens is 413 g/mol. The summed E-state index contributed by atoms with van der Waals surface area (Å²) in [7, 11) is 0. The molecule has 6 heteroatoms. The Morgan fingerprint density at radius 2 is 2.25 bits per heavy atom. The van der Waals surface area contributed by atoms with Crippen molar-refractivity contribution in [1.29, 1.82) is 0 Å². The molecule has 0 spiro atoms. The molecule has 0 bridgehead atoms. The van der Waals surface area contributed by atoms with Crippen molar-refractivity contribution in [2.45, 2.75) is 46.2 Å². The first-order valence-corrected chi connectivity index (χ1v) is 8.85. The van der Waals surface area contributed by atoms with Gasteiger partial charge in [0.15, 0.2) is 5.96 Å². The lowest BCUT2D eigenvalue weighted by Gasteiger charge is -2.35. The highest BCUT2D eigenvalue weighted by Crippen LogP contribution is 2.17. The van der Waals surface area contributed by atoms with Gasteiger partial charge < -0.3 is 10.6 Å². The van der Waals surface area contributed by atoms with E-state index in [4.69, 9.17) is 0 Å². The molecule has 1 fully saturated rings. The van der Waals surface area contributed by atoms with Crippen molar-refractivity contribution in [2.75, 3.05) is 26.2 Å². The lowest BCUT2D eigenvalue weighted by atomic mass is 9.99. The van der Waals surface area contributed by atoms with Crippen molar-refractivity contribution in [3.05, 3.63) is 30.1 Å². The van der Waals surface area contributed by atoms with Crippen molar-refractivity contribution < 1.29 is 0 Å². The molecule has 2 N–H and O–H groups in total. The molecule has 136 valence electrons. The second kappa shape index (κ2) is 11.6. The number of hydrogen-bond donors (Lipinski definition) is 2. The maximum atomic E-state index is 4.63. The number of nitrogens with zero attached hydrogens (tertiary/aromatic N) is 3. The quantitative estimate of drug-likeness (QED) is 0.402. The van der Waals surface area contributed by atoms with Gasteiger partial charge in [-0.2, -0.15) is 0 Å². The van der Waals surface area contributed by atoms with Gasteiger partial charge in [0.2, 0.25) is 0 Å². The topological polar surface area (TPSA) is 52.6 Å². The van der Waals surface area contributed by atoms with Gasteiger partial charge in [-0.15, -0.1) is 24.0 Å². The Labute approximate surface area is 163 Å². The van der Waals surface area contributed by atoms with Crippen LogP contribution in [-0.2, 0) is 6.54 Å². The first-order valence-electron chi connectivity index (χ1n) is 8.85. The van der Waals surface area contributed by atoms with Gasteiger partial charge in [-0.25, -0.2) is 4.99 Å². The molecule has 1 aromatic rings. The van der Waals surface area contributed by atoms with Gasteiger partial charge in [-0.3, -0.25) is 9.88 Å². The molecular formula is C18H32IN5. The van der Waals surface area contributed by atoms with E-state index in [2.05, 4.69) is 46.3 Å². The van der Waals surface area contributed by atoms with Crippen LogP contribution in [0.25, 0.3) is 0 Å². The summed E-state index contributed by atoms with van der Waals surface area (Å²) in [5.74, 6) is 1.69. The molecule has 2 atom stereocenters. The first-order chi connectivity index (χ1) is 11.2. The van der Waals surface area contributed by atoms with Gasteiger partial charge in [-0.05, 0) is 51.3 Å². The fourth-order valence-electron chi connectivity index (χ4n) is 2.99. The molecule has 2 rings (SSSR count). The maximum absolute atomic E-state index is 4.63. The highest BCUT2D eigenvalue weighted by atomic mass is 127. The van der Waals surface area contributed by atoms with Gasteiger partial charge in [0.1, 0.15) is 0 Å². The number of halogens is 1. The molecule has 5 nitrogen and oxygen atoms in total. The number of pyridine rings is 1. The molecule has 0 aliphatic carbocycles. The third-order valence-corrected chi connectivity index (χ3v) is 4.35. The third-order valence-electron chi connectivity index (χ3n) is 4.35. The van der Waals surface area contributed by atoms with Crippen molar-refractivity contribution in [2.24, 2.45) is 10.9 Å². The molecule has 24 heavy (non-hydrogen) atoms. The minimum absolute atomic E-state index is 0. The normalized spacial score (nSPS) is 20.1. The molecule has 2 heterocycles. The van der Waals surface area contributed by atoms with Crippen molar-refractivity contribution >= 4 is 29.9 Å². The van der Waals surface area contributed by atoms with E-state index in [9.17, 15) is 0 Å². The monoisotopic (exact) mass is 445 g/mol. The molecule has 0 saturated carbocycles. The zero-order valence-electron chi connectivity index (χ0n) is 15.2. The van der Waals surface area contributed by atoms with Crippen LogP contribution in [0.4, 0.5) is 0 Å². The molecule has 0 aromatic carbocycles. The average molecular weight is 445 g/mol. The molecule has 1 saturated heterocycles. The minimum atomic E-state index is 0. The van der Waals surface area contributed by atoms with Gasteiger partial charge >= 0.3 is 0 Å². The number of piperidine rings is 1. The van der Waals surface area contributed by atoms with Gasteiger partial charge in [0.25, 0.3) is 0 Å². The molecule has 2 unspecified atom stereocenters. The Hall–Kier alpha value is -0.890. The average Bonchev–Trinajstić information content (AvgIpc) is 2.58. The van der Waals surface area contributed by atoms with Crippen molar-refractivity contribution in [1.82, 2.24) is 20.5 Å². The van der Waals surface area contributed by atoms with Crippen LogP contribution in [-0.4, -0.2) is 48.1 Å². The van der Waals surface area contributed by atoms with Crippen LogP contribution in [0.5, 0.6) is 0 Å². The summed E-state index contributed by atoms with van der Waals surface area (Å²) in [6, 6.07) is 6.46. The summed E-state index contributed by atoms with van der Waals surface area (Å²) in [6.45, 7) is 11.6. The second-order valence-corrected chi connectivity index (χ2v) is 6.49. The largest absolute Gasteiger partial charge is 0.357 e. The van der Waals surface area contributed by atoms with Gasteiger partial charge in [0.05, 0.1) is 12.2 Å². The Kier molecular flexibility index (Phi) is 10.2. The van der Waals surface area contributed by atoms with Gasteiger partial charge in [0, 0.05) is 31.9 Å². The highest BCUT2D eigenvalue weighted by Gasteiger charge is 2.20. The van der Waals surface area contributed by atoms with Crippen LogP contribution >= 0.6 is 24.0 Å². The number of aromatic nitrogens is 1. The van der Waals surface area contributed by atoms with E-state index >= 15 is 0 Å². The Morgan fingerprint density at radius 3 is 2.92 bits per heavy atom. The molecule has 0 amide bonds.